The van der Waals surface area contributed by atoms with E-state index in [1.54, 1.807) is 36.4 Å². The average molecular weight is 399 g/mol. The lowest BCUT2D eigenvalue weighted by Crippen LogP contribution is -2.17. The van der Waals surface area contributed by atoms with E-state index in [2.05, 4.69) is 15.8 Å². The van der Waals surface area contributed by atoms with Gasteiger partial charge in [-0.05, 0) is 42.8 Å². The smallest absolute Gasteiger partial charge is 0.271 e. The molecule has 0 fully saturated rings. The SMILES string of the molecule is CCCC(=O)Nc1ccc(C(=O)N/N=C\c2cc(OC)c(OC)c(OC)c2)cc1. The molecule has 2 N–H and O–H groups in total. The topological polar surface area (TPSA) is 98.3 Å². The number of nitrogens with one attached hydrogen (secondary N) is 2. The van der Waals surface area contributed by atoms with Gasteiger partial charge in [0.15, 0.2) is 11.5 Å². The maximum atomic E-state index is 12.2. The summed E-state index contributed by atoms with van der Waals surface area (Å²) in [6.45, 7) is 1.94. The minimum Gasteiger partial charge on any atom is -0.493 e. The van der Waals surface area contributed by atoms with Gasteiger partial charge in [0.25, 0.3) is 5.91 Å². The number of methoxy groups -OCH3 is 3. The summed E-state index contributed by atoms with van der Waals surface area (Å²) in [5.41, 5.74) is 4.18. The molecule has 0 aromatic heterocycles. The molecule has 2 amide bonds. The van der Waals surface area contributed by atoms with Crippen molar-refractivity contribution in [2.24, 2.45) is 5.10 Å². The number of nitrogens with zero attached hydrogens (tertiary/aromatic N) is 1. The van der Waals surface area contributed by atoms with E-state index in [0.29, 0.717) is 40.5 Å². The van der Waals surface area contributed by atoms with Crippen LogP contribution in [0.3, 0.4) is 0 Å². The lowest BCUT2D eigenvalue weighted by atomic mass is 10.2. The number of hydrogen-bond acceptors (Lipinski definition) is 6. The Bertz CT molecular complexity index is 853. The van der Waals surface area contributed by atoms with Gasteiger partial charge in [0.2, 0.25) is 11.7 Å². The van der Waals surface area contributed by atoms with Crippen LogP contribution in [0.25, 0.3) is 0 Å². The van der Waals surface area contributed by atoms with Gasteiger partial charge in [0.05, 0.1) is 27.5 Å². The largest absolute Gasteiger partial charge is 0.493 e. The van der Waals surface area contributed by atoms with E-state index < -0.39 is 0 Å². The summed E-state index contributed by atoms with van der Waals surface area (Å²) in [5, 5.41) is 6.74. The molecule has 0 saturated heterocycles. The van der Waals surface area contributed by atoms with Gasteiger partial charge in [0, 0.05) is 23.2 Å². The highest BCUT2D eigenvalue weighted by Gasteiger charge is 2.12. The molecule has 2 rings (SSSR count). The maximum Gasteiger partial charge on any atom is 0.271 e. The fraction of sp³-hybridized carbons (Fsp3) is 0.286. The standard InChI is InChI=1S/C21H25N3O5/c1-5-6-19(25)23-16-9-7-15(8-10-16)21(26)24-22-13-14-11-17(27-2)20(29-4)18(12-14)28-3/h7-13H,5-6H2,1-4H3,(H,23,25)(H,24,26)/b22-13-. The summed E-state index contributed by atoms with van der Waals surface area (Å²) in [4.78, 5) is 23.8. The summed E-state index contributed by atoms with van der Waals surface area (Å²) in [7, 11) is 4.57. The number of anilines is 1. The van der Waals surface area contributed by atoms with Gasteiger partial charge in [-0.2, -0.15) is 5.10 Å². The molecule has 2 aromatic carbocycles. The van der Waals surface area contributed by atoms with E-state index in [4.69, 9.17) is 14.2 Å². The molecule has 2 aromatic rings. The van der Waals surface area contributed by atoms with Crippen LogP contribution in [0, 0.1) is 0 Å². The Morgan fingerprint density at radius 2 is 1.62 bits per heavy atom. The van der Waals surface area contributed by atoms with Gasteiger partial charge in [-0.25, -0.2) is 5.43 Å². The zero-order chi connectivity index (χ0) is 21.2. The molecule has 0 saturated carbocycles. The molecule has 8 nitrogen and oxygen atoms in total. The number of amides is 2. The van der Waals surface area contributed by atoms with E-state index in [1.165, 1.54) is 27.5 Å². The van der Waals surface area contributed by atoms with Crippen molar-refractivity contribution in [3.05, 3.63) is 47.5 Å². The van der Waals surface area contributed by atoms with Crippen LogP contribution in [0.4, 0.5) is 5.69 Å². The van der Waals surface area contributed by atoms with Crippen LogP contribution in [0.1, 0.15) is 35.7 Å². The second-order valence-electron chi connectivity index (χ2n) is 6.03. The molecule has 154 valence electrons. The van der Waals surface area contributed by atoms with Crippen molar-refractivity contribution in [3.63, 3.8) is 0 Å². The first-order chi connectivity index (χ1) is 14.0. The molecule has 0 aliphatic rings. The van der Waals surface area contributed by atoms with Crippen LogP contribution in [0.5, 0.6) is 17.2 Å². The highest BCUT2D eigenvalue weighted by atomic mass is 16.5. The van der Waals surface area contributed by atoms with Crippen molar-refractivity contribution in [1.82, 2.24) is 5.43 Å². The Balaban J connectivity index is 2.03. The predicted molar refractivity (Wildman–Crippen MR) is 111 cm³/mol. The van der Waals surface area contributed by atoms with Crippen LogP contribution in [-0.4, -0.2) is 39.4 Å². The second-order valence-corrected chi connectivity index (χ2v) is 6.03. The monoisotopic (exact) mass is 399 g/mol. The third-order valence-electron chi connectivity index (χ3n) is 3.97. The minimum absolute atomic E-state index is 0.0559. The first-order valence-corrected chi connectivity index (χ1v) is 9.05. The van der Waals surface area contributed by atoms with Gasteiger partial charge < -0.3 is 19.5 Å². The van der Waals surface area contributed by atoms with Crippen molar-refractivity contribution >= 4 is 23.7 Å². The Morgan fingerprint density at radius 1 is 1.00 bits per heavy atom. The minimum atomic E-state index is -0.375. The quantitative estimate of drug-likeness (QED) is 0.498. The number of ether oxygens (including phenoxy) is 3. The first kappa shape index (κ1) is 21.7. The number of hydrogen-bond donors (Lipinski definition) is 2. The Morgan fingerprint density at radius 3 is 2.14 bits per heavy atom. The Labute approximate surface area is 169 Å². The van der Waals surface area contributed by atoms with E-state index >= 15 is 0 Å². The summed E-state index contributed by atoms with van der Waals surface area (Å²) in [5.74, 6) is 1.02. The zero-order valence-electron chi connectivity index (χ0n) is 16.9. The molecule has 0 spiro atoms. The van der Waals surface area contributed by atoms with Crippen molar-refractivity contribution in [2.45, 2.75) is 19.8 Å². The molecule has 0 aliphatic heterocycles. The van der Waals surface area contributed by atoms with Crippen molar-refractivity contribution in [3.8, 4) is 17.2 Å². The molecule has 0 aliphatic carbocycles. The van der Waals surface area contributed by atoms with Gasteiger partial charge >= 0.3 is 0 Å². The van der Waals surface area contributed by atoms with Crippen LogP contribution in [0.15, 0.2) is 41.5 Å². The molecule has 0 radical (unpaired) electrons. The van der Waals surface area contributed by atoms with E-state index in [0.717, 1.165) is 6.42 Å². The maximum absolute atomic E-state index is 12.2. The normalized spacial score (nSPS) is 10.5. The predicted octanol–water partition coefficient (Wildman–Crippen LogP) is 3.21. The highest BCUT2D eigenvalue weighted by Crippen LogP contribution is 2.37. The third-order valence-corrected chi connectivity index (χ3v) is 3.97. The number of carbonyl (C=O) groups is 2. The molecule has 0 atom stereocenters. The lowest BCUT2D eigenvalue weighted by molar-refractivity contribution is -0.116. The Kier molecular flexibility index (Phi) is 8.02. The molecule has 29 heavy (non-hydrogen) atoms. The van der Waals surface area contributed by atoms with Crippen LogP contribution in [0.2, 0.25) is 0 Å². The molecular formula is C21H25N3O5. The van der Waals surface area contributed by atoms with Crippen LogP contribution < -0.4 is 25.0 Å². The number of carbonyl (C=O) groups excluding carboxylic acids is 2. The van der Waals surface area contributed by atoms with Crippen LogP contribution in [-0.2, 0) is 4.79 Å². The number of rotatable bonds is 9. The van der Waals surface area contributed by atoms with Crippen molar-refractivity contribution in [1.29, 1.82) is 0 Å². The third kappa shape index (κ3) is 5.97. The zero-order valence-corrected chi connectivity index (χ0v) is 16.9. The molecule has 0 unspecified atom stereocenters. The highest BCUT2D eigenvalue weighted by molar-refractivity contribution is 5.96. The summed E-state index contributed by atoms with van der Waals surface area (Å²) >= 11 is 0. The van der Waals surface area contributed by atoms with Crippen molar-refractivity contribution < 1.29 is 23.8 Å². The number of benzene rings is 2. The summed E-state index contributed by atoms with van der Waals surface area (Å²) < 4.78 is 15.8. The summed E-state index contributed by atoms with van der Waals surface area (Å²) in [6, 6.07) is 10.0. The van der Waals surface area contributed by atoms with Gasteiger partial charge in [-0.1, -0.05) is 6.92 Å². The van der Waals surface area contributed by atoms with Gasteiger partial charge in [0.1, 0.15) is 0 Å². The molecule has 8 heteroatoms. The first-order valence-electron chi connectivity index (χ1n) is 9.05. The molecule has 0 bridgehead atoms. The fourth-order valence-electron chi connectivity index (χ4n) is 2.56. The average Bonchev–Trinajstić information content (AvgIpc) is 2.73. The van der Waals surface area contributed by atoms with Crippen LogP contribution >= 0.6 is 0 Å². The number of hydrazone groups is 1. The van der Waals surface area contributed by atoms with Crippen molar-refractivity contribution in [2.75, 3.05) is 26.6 Å². The molecular weight excluding hydrogens is 374 g/mol. The van der Waals surface area contributed by atoms with E-state index in [9.17, 15) is 9.59 Å². The second kappa shape index (κ2) is 10.7. The summed E-state index contributed by atoms with van der Waals surface area (Å²) in [6.07, 6.45) is 2.70. The van der Waals surface area contributed by atoms with E-state index in [-0.39, 0.29) is 11.8 Å². The van der Waals surface area contributed by atoms with Gasteiger partial charge in [-0.3, -0.25) is 9.59 Å². The van der Waals surface area contributed by atoms with E-state index in [1.807, 2.05) is 6.92 Å². The molecule has 0 heterocycles. The Hall–Kier alpha value is -3.55. The fourth-order valence-corrected chi connectivity index (χ4v) is 2.56. The van der Waals surface area contributed by atoms with Gasteiger partial charge in [-0.15, -0.1) is 0 Å². The lowest BCUT2D eigenvalue weighted by Gasteiger charge is -2.12.